The molecule has 1 aromatic heterocycles. The topological polar surface area (TPSA) is 25.4 Å². The summed E-state index contributed by atoms with van der Waals surface area (Å²) < 4.78 is 6.03. The predicted octanol–water partition coefficient (Wildman–Crippen LogP) is 3.26. The van der Waals surface area contributed by atoms with Crippen LogP contribution in [0, 0.1) is 0 Å². The van der Waals surface area contributed by atoms with Gasteiger partial charge in [0.25, 0.3) is 0 Å². The minimum Gasteiger partial charge on any atom is -0.373 e. The molecule has 21 heavy (non-hydrogen) atoms. The molecule has 3 nitrogen and oxygen atoms in total. The van der Waals surface area contributed by atoms with Crippen LogP contribution in [-0.2, 0) is 17.9 Å². The maximum absolute atomic E-state index is 6.03. The second-order valence-corrected chi connectivity index (χ2v) is 5.59. The van der Waals surface area contributed by atoms with Crippen molar-refractivity contribution in [2.45, 2.75) is 32.1 Å². The van der Waals surface area contributed by atoms with Crippen LogP contribution < -0.4 is 0 Å². The highest BCUT2D eigenvalue weighted by Crippen LogP contribution is 2.17. The van der Waals surface area contributed by atoms with E-state index in [0.717, 1.165) is 44.8 Å². The lowest BCUT2D eigenvalue weighted by atomic mass is 10.1. The molecule has 1 aromatic carbocycles. The van der Waals surface area contributed by atoms with Crippen molar-refractivity contribution in [3.05, 3.63) is 66.0 Å². The summed E-state index contributed by atoms with van der Waals surface area (Å²) in [6.45, 7) is 3.87. The van der Waals surface area contributed by atoms with Crippen molar-refractivity contribution < 1.29 is 4.74 Å². The Bertz CT molecular complexity index is 521. The van der Waals surface area contributed by atoms with E-state index >= 15 is 0 Å². The van der Waals surface area contributed by atoms with Crippen LogP contribution >= 0.6 is 0 Å². The molecule has 110 valence electrons. The number of benzene rings is 1. The summed E-state index contributed by atoms with van der Waals surface area (Å²) in [7, 11) is 0. The van der Waals surface area contributed by atoms with Crippen LogP contribution in [0.3, 0.4) is 0 Å². The monoisotopic (exact) mass is 282 g/mol. The molecular formula is C18H22N2O. The highest BCUT2D eigenvalue weighted by Gasteiger charge is 2.19. The van der Waals surface area contributed by atoms with Crippen LogP contribution in [0.4, 0.5) is 0 Å². The van der Waals surface area contributed by atoms with Crippen LogP contribution in [0.5, 0.6) is 0 Å². The summed E-state index contributed by atoms with van der Waals surface area (Å²) in [4.78, 5) is 6.86. The second kappa shape index (κ2) is 7.34. The predicted molar refractivity (Wildman–Crippen MR) is 83.8 cm³/mol. The first-order valence-corrected chi connectivity index (χ1v) is 7.68. The van der Waals surface area contributed by atoms with E-state index in [1.165, 1.54) is 5.56 Å². The van der Waals surface area contributed by atoms with Crippen molar-refractivity contribution in [3.63, 3.8) is 0 Å². The second-order valence-electron chi connectivity index (χ2n) is 5.59. The summed E-state index contributed by atoms with van der Waals surface area (Å²) in [5, 5.41) is 0. The molecule has 2 aromatic rings. The lowest BCUT2D eigenvalue weighted by molar-refractivity contribution is -0.00414. The molecule has 3 rings (SSSR count). The standard InChI is InChI=1S/C18H22N2O/c1-2-6-16(7-3-1)15-21-18-9-12-20(13-10-18)14-17-8-4-5-11-19-17/h1-8,11,18H,9-10,12-15H2. The van der Waals surface area contributed by atoms with Gasteiger partial charge in [0.05, 0.1) is 18.4 Å². The maximum Gasteiger partial charge on any atom is 0.0720 e. The van der Waals surface area contributed by atoms with Gasteiger partial charge in [0.15, 0.2) is 0 Å². The van der Waals surface area contributed by atoms with Crippen LogP contribution in [0.2, 0.25) is 0 Å². The van der Waals surface area contributed by atoms with Crippen molar-refractivity contribution in [2.75, 3.05) is 13.1 Å². The van der Waals surface area contributed by atoms with Gasteiger partial charge in [-0.2, -0.15) is 0 Å². The van der Waals surface area contributed by atoms with Gasteiger partial charge in [-0.25, -0.2) is 0 Å². The average Bonchev–Trinajstić information content (AvgIpc) is 2.56. The van der Waals surface area contributed by atoms with E-state index in [1.807, 2.05) is 18.3 Å². The number of likely N-dealkylation sites (tertiary alicyclic amines) is 1. The molecule has 1 aliphatic rings. The lowest BCUT2D eigenvalue weighted by Crippen LogP contribution is -2.36. The third-order valence-electron chi connectivity index (χ3n) is 3.97. The van der Waals surface area contributed by atoms with Gasteiger partial charge >= 0.3 is 0 Å². The first kappa shape index (κ1) is 14.2. The molecule has 0 aliphatic carbocycles. The Morgan fingerprint density at radius 1 is 1.00 bits per heavy atom. The van der Waals surface area contributed by atoms with Crippen molar-refractivity contribution in [2.24, 2.45) is 0 Å². The lowest BCUT2D eigenvalue weighted by Gasteiger charge is -2.31. The minimum atomic E-state index is 0.394. The van der Waals surface area contributed by atoms with Crippen molar-refractivity contribution in [1.82, 2.24) is 9.88 Å². The fourth-order valence-electron chi connectivity index (χ4n) is 2.74. The van der Waals surface area contributed by atoms with Gasteiger partial charge in [-0.3, -0.25) is 9.88 Å². The maximum atomic E-state index is 6.03. The molecule has 1 fully saturated rings. The van der Waals surface area contributed by atoms with Crippen LogP contribution in [0.15, 0.2) is 54.7 Å². The normalized spacial score (nSPS) is 17.0. The van der Waals surface area contributed by atoms with Gasteiger partial charge in [0.2, 0.25) is 0 Å². The highest BCUT2D eigenvalue weighted by atomic mass is 16.5. The van der Waals surface area contributed by atoms with Crippen LogP contribution in [-0.4, -0.2) is 29.1 Å². The first-order chi connectivity index (χ1) is 10.4. The summed E-state index contributed by atoms with van der Waals surface area (Å²) in [6, 6.07) is 16.5. The molecule has 0 bridgehead atoms. The Kier molecular flexibility index (Phi) is 4.98. The third kappa shape index (κ3) is 4.38. The van der Waals surface area contributed by atoms with E-state index in [9.17, 15) is 0 Å². The molecule has 0 amide bonds. The Labute approximate surface area is 126 Å². The average molecular weight is 282 g/mol. The smallest absolute Gasteiger partial charge is 0.0720 e. The first-order valence-electron chi connectivity index (χ1n) is 7.68. The molecule has 2 heterocycles. The van der Waals surface area contributed by atoms with Crippen molar-refractivity contribution >= 4 is 0 Å². The fraction of sp³-hybridized carbons (Fsp3) is 0.389. The van der Waals surface area contributed by atoms with Gasteiger partial charge < -0.3 is 4.74 Å². The number of hydrogen-bond donors (Lipinski definition) is 0. The summed E-state index contributed by atoms with van der Waals surface area (Å²) in [5.41, 5.74) is 2.41. The zero-order chi connectivity index (χ0) is 14.3. The molecule has 0 unspecified atom stereocenters. The quantitative estimate of drug-likeness (QED) is 0.841. The third-order valence-corrected chi connectivity index (χ3v) is 3.97. The van der Waals surface area contributed by atoms with E-state index in [4.69, 9.17) is 4.74 Å². The number of hydrogen-bond acceptors (Lipinski definition) is 3. The Hall–Kier alpha value is -1.71. The molecule has 1 saturated heterocycles. The Morgan fingerprint density at radius 3 is 2.48 bits per heavy atom. The number of pyridine rings is 1. The number of piperidine rings is 1. The van der Waals surface area contributed by atoms with Crippen LogP contribution in [0.25, 0.3) is 0 Å². The van der Waals surface area contributed by atoms with E-state index in [0.29, 0.717) is 6.10 Å². The molecule has 0 radical (unpaired) electrons. The van der Waals surface area contributed by atoms with E-state index in [1.54, 1.807) is 0 Å². The minimum absolute atomic E-state index is 0.394. The van der Waals surface area contributed by atoms with Gasteiger partial charge in [0.1, 0.15) is 0 Å². The van der Waals surface area contributed by atoms with Gasteiger partial charge in [-0.05, 0) is 30.5 Å². The molecule has 0 spiro atoms. The zero-order valence-electron chi connectivity index (χ0n) is 12.3. The van der Waals surface area contributed by atoms with E-state index in [2.05, 4.69) is 46.3 Å². The van der Waals surface area contributed by atoms with Crippen LogP contribution in [0.1, 0.15) is 24.1 Å². The molecule has 0 atom stereocenters. The number of ether oxygens (including phenoxy) is 1. The summed E-state index contributed by atoms with van der Waals surface area (Å²) in [6.07, 6.45) is 4.48. The number of aromatic nitrogens is 1. The molecule has 0 saturated carbocycles. The van der Waals surface area contributed by atoms with Gasteiger partial charge in [0, 0.05) is 25.8 Å². The SMILES string of the molecule is c1ccc(COC2CCN(Cc3ccccn3)CC2)cc1. The van der Waals surface area contributed by atoms with E-state index < -0.39 is 0 Å². The fourth-order valence-corrected chi connectivity index (χ4v) is 2.74. The Morgan fingerprint density at radius 2 is 1.76 bits per heavy atom. The number of rotatable bonds is 5. The van der Waals surface area contributed by atoms with Gasteiger partial charge in [-0.1, -0.05) is 36.4 Å². The highest BCUT2D eigenvalue weighted by molar-refractivity contribution is 5.13. The zero-order valence-corrected chi connectivity index (χ0v) is 12.3. The Balaban J connectivity index is 1.41. The van der Waals surface area contributed by atoms with Crippen molar-refractivity contribution in [1.29, 1.82) is 0 Å². The largest absolute Gasteiger partial charge is 0.373 e. The van der Waals surface area contributed by atoms with Crippen molar-refractivity contribution in [3.8, 4) is 0 Å². The molecule has 3 heteroatoms. The number of nitrogens with zero attached hydrogens (tertiary/aromatic N) is 2. The van der Waals surface area contributed by atoms with Gasteiger partial charge in [-0.15, -0.1) is 0 Å². The molecule has 0 N–H and O–H groups in total. The molecule has 1 aliphatic heterocycles. The summed E-state index contributed by atoms with van der Waals surface area (Å²) in [5.74, 6) is 0. The summed E-state index contributed by atoms with van der Waals surface area (Å²) >= 11 is 0. The molecular weight excluding hydrogens is 260 g/mol. The van der Waals surface area contributed by atoms with E-state index in [-0.39, 0.29) is 0 Å².